The topological polar surface area (TPSA) is 114 Å². The van der Waals surface area contributed by atoms with Crippen molar-refractivity contribution in [2.75, 3.05) is 13.1 Å². The van der Waals surface area contributed by atoms with Crippen LogP contribution in [0.2, 0.25) is 0 Å². The van der Waals surface area contributed by atoms with Crippen molar-refractivity contribution < 1.29 is 19.3 Å². The van der Waals surface area contributed by atoms with Gasteiger partial charge in [0.25, 0.3) is 0 Å². The number of nitrogens with two attached hydrogens (primary N) is 1. The van der Waals surface area contributed by atoms with Crippen molar-refractivity contribution in [3.63, 3.8) is 0 Å². The Kier molecular flexibility index (Phi) is 9.47. The van der Waals surface area contributed by atoms with Gasteiger partial charge in [-0.05, 0) is 50.6 Å². The molecule has 0 radical (unpaired) electrons. The molecule has 1 aliphatic rings. The summed E-state index contributed by atoms with van der Waals surface area (Å²) in [4.78, 5) is 25.9. The molecule has 7 nitrogen and oxygen atoms in total. The molecule has 1 aliphatic carbocycles. The summed E-state index contributed by atoms with van der Waals surface area (Å²) >= 11 is 0. The van der Waals surface area contributed by atoms with Crippen LogP contribution in [0.3, 0.4) is 0 Å². The lowest BCUT2D eigenvalue weighted by atomic mass is 9.83. The average molecular weight is 389 g/mol. The van der Waals surface area contributed by atoms with Crippen LogP contribution < -0.4 is 16.4 Å². The number of carbonyl (C=O) groups is 2. The molecule has 2 amide bonds. The van der Waals surface area contributed by atoms with E-state index in [1.165, 1.54) is 0 Å². The second-order valence-electron chi connectivity index (χ2n) is 7.32. The lowest BCUT2D eigenvalue weighted by Gasteiger charge is -2.29. The SMILES string of the molecule is NCCCC[C@H](NC(=O)C1(C(=O)NCCc2ccccc2)CCCC1)OBO. The minimum Gasteiger partial charge on any atom is -0.430 e. The molecule has 0 saturated heterocycles. The summed E-state index contributed by atoms with van der Waals surface area (Å²) in [5.41, 5.74) is 5.60. The molecule has 28 heavy (non-hydrogen) atoms. The van der Waals surface area contributed by atoms with E-state index in [0.29, 0.717) is 32.4 Å². The Balaban J connectivity index is 1.94. The van der Waals surface area contributed by atoms with E-state index in [0.717, 1.165) is 37.7 Å². The van der Waals surface area contributed by atoms with E-state index in [-0.39, 0.29) is 11.8 Å². The van der Waals surface area contributed by atoms with E-state index < -0.39 is 19.3 Å². The Morgan fingerprint density at radius 2 is 1.89 bits per heavy atom. The lowest BCUT2D eigenvalue weighted by Crippen LogP contribution is -2.53. The van der Waals surface area contributed by atoms with Gasteiger partial charge in [0.05, 0.1) is 0 Å². The van der Waals surface area contributed by atoms with Crippen molar-refractivity contribution in [3.8, 4) is 0 Å². The number of hydrogen-bond acceptors (Lipinski definition) is 5. The van der Waals surface area contributed by atoms with E-state index in [4.69, 9.17) is 15.4 Å². The first-order valence-corrected chi connectivity index (χ1v) is 10.2. The summed E-state index contributed by atoms with van der Waals surface area (Å²) < 4.78 is 5.23. The normalized spacial score (nSPS) is 16.4. The number of unbranched alkanes of at least 4 members (excludes halogenated alkanes) is 1. The van der Waals surface area contributed by atoms with Crippen molar-refractivity contribution in [2.24, 2.45) is 11.1 Å². The van der Waals surface area contributed by atoms with Crippen LogP contribution in [0.1, 0.15) is 50.5 Å². The van der Waals surface area contributed by atoms with Crippen LogP contribution in [0.4, 0.5) is 0 Å². The largest absolute Gasteiger partial charge is 0.436 e. The summed E-state index contributed by atoms with van der Waals surface area (Å²) in [7, 11) is -0.482. The fourth-order valence-electron chi connectivity index (χ4n) is 3.72. The van der Waals surface area contributed by atoms with Crippen molar-refractivity contribution in [3.05, 3.63) is 35.9 Å². The fraction of sp³-hybridized carbons (Fsp3) is 0.600. The van der Waals surface area contributed by atoms with Crippen LogP contribution in [-0.4, -0.2) is 43.8 Å². The third-order valence-electron chi connectivity index (χ3n) is 5.36. The van der Waals surface area contributed by atoms with Crippen molar-refractivity contribution in [1.82, 2.24) is 10.6 Å². The minimum absolute atomic E-state index is 0.219. The summed E-state index contributed by atoms with van der Waals surface area (Å²) in [5.74, 6) is -0.531. The van der Waals surface area contributed by atoms with Crippen LogP contribution in [0.25, 0.3) is 0 Å². The predicted octanol–water partition coefficient (Wildman–Crippen LogP) is 0.752. The van der Waals surface area contributed by atoms with Crippen molar-refractivity contribution in [1.29, 1.82) is 0 Å². The van der Waals surface area contributed by atoms with Crippen molar-refractivity contribution in [2.45, 2.75) is 57.6 Å². The van der Waals surface area contributed by atoms with Crippen molar-refractivity contribution >= 4 is 19.5 Å². The Morgan fingerprint density at radius 3 is 2.54 bits per heavy atom. The molecular weight excluding hydrogens is 357 g/mol. The Hall–Kier alpha value is -1.90. The fourth-order valence-corrected chi connectivity index (χ4v) is 3.72. The van der Waals surface area contributed by atoms with Gasteiger partial charge in [-0.25, -0.2) is 0 Å². The van der Waals surface area contributed by atoms with E-state index >= 15 is 0 Å². The molecule has 1 aromatic rings. The van der Waals surface area contributed by atoms with Crippen LogP contribution in [-0.2, 0) is 20.7 Å². The quantitative estimate of drug-likeness (QED) is 0.182. The van der Waals surface area contributed by atoms with Crippen LogP contribution >= 0.6 is 0 Å². The maximum absolute atomic E-state index is 13.0. The monoisotopic (exact) mass is 389 g/mol. The molecule has 5 N–H and O–H groups in total. The predicted molar refractivity (Wildman–Crippen MR) is 109 cm³/mol. The molecule has 1 atom stereocenters. The molecule has 1 aromatic carbocycles. The third-order valence-corrected chi connectivity index (χ3v) is 5.36. The smallest absolute Gasteiger partial charge is 0.430 e. The summed E-state index contributed by atoms with van der Waals surface area (Å²) in [5, 5.41) is 14.9. The zero-order chi connectivity index (χ0) is 20.2. The number of hydrogen-bond donors (Lipinski definition) is 4. The number of carbonyl (C=O) groups excluding carboxylic acids is 2. The van der Waals surface area contributed by atoms with Gasteiger partial charge in [0.1, 0.15) is 11.6 Å². The molecular formula is C20H32BN3O4. The maximum Gasteiger partial charge on any atom is 0.436 e. The molecule has 0 spiro atoms. The van der Waals surface area contributed by atoms with Gasteiger partial charge < -0.3 is 26.0 Å². The molecule has 154 valence electrons. The summed E-state index contributed by atoms with van der Waals surface area (Å²) in [6.07, 6.45) is 5.00. The molecule has 0 unspecified atom stereocenters. The summed E-state index contributed by atoms with van der Waals surface area (Å²) in [6.45, 7) is 1.05. The molecule has 1 fully saturated rings. The molecule has 0 bridgehead atoms. The van der Waals surface area contributed by atoms with Gasteiger partial charge in [-0.2, -0.15) is 0 Å². The average Bonchev–Trinajstić information content (AvgIpc) is 3.20. The zero-order valence-corrected chi connectivity index (χ0v) is 16.5. The van der Waals surface area contributed by atoms with Gasteiger partial charge in [-0.15, -0.1) is 0 Å². The second kappa shape index (κ2) is 11.8. The van der Waals surface area contributed by atoms with Crippen LogP contribution in [0, 0.1) is 5.41 Å². The van der Waals surface area contributed by atoms with E-state index in [9.17, 15) is 9.59 Å². The third kappa shape index (κ3) is 6.33. The Bertz CT molecular complexity index is 609. The number of benzene rings is 1. The maximum atomic E-state index is 13.0. The van der Waals surface area contributed by atoms with Crippen LogP contribution in [0.15, 0.2) is 30.3 Å². The Labute approximate surface area is 167 Å². The first kappa shape index (κ1) is 22.4. The summed E-state index contributed by atoms with van der Waals surface area (Å²) in [6, 6.07) is 9.92. The highest BCUT2D eigenvalue weighted by Crippen LogP contribution is 2.38. The van der Waals surface area contributed by atoms with Gasteiger partial charge in [-0.3, -0.25) is 9.59 Å². The molecule has 0 heterocycles. The van der Waals surface area contributed by atoms with Gasteiger partial charge in [0.15, 0.2) is 0 Å². The molecule has 1 saturated carbocycles. The zero-order valence-electron chi connectivity index (χ0n) is 16.5. The van der Waals surface area contributed by atoms with Gasteiger partial charge in [0, 0.05) is 6.54 Å². The van der Waals surface area contributed by atoms with E-state index in [2.05, 4.69) is 10.6 Å². The highest BCUT2D eigenvalue weighted by Gasteiger charge is 2.48. The standard InChI is InChI=1S/C20H32BN3O4/c22-14-7-4-10-17(28-21-27)24-19(26)20(12-5-6-13-20)18(25)23-15-11-16-8-2-1-3-9-16/h1-3,8-9,17,21,27H,4-7,10-15,22H2,(H,23,25)(H,24,26)/t17-/m1/s1. The lowest BCUT2D eigenvalue weighted by molar-refractivity contribution is -0.145. The van der Waals surface area contributed by atoms with E-state index in [1.807, 2.05) is 30.3 Å². The first-order valence-electron chi connectivity index (χ1n) is 10.2. The number of amides is 2. The minimum atomic E-state index is -1.05. The Morgan fingerprint density at radius 1 is 1.18 bits per heavy atom. The van der Waals surface area contributed by atoms with E-state index in [1.54, 1.807) is 0 Å². The number of rotatable bonds is 12. The molecule has 0 aliphatic heterocycles. The van der Waals surface area contributed by atoms with Gasteiger partial charge in [0.2, 0.25) is 11.8 Å². The highest BCUT2D eigenvalue weighted by atomic mass is 16.5. The molecule has 8 heteroatoms. The molecule has 0 aromatic heterocycles. The number of nitrogens with one attached hydrogen (secondary N) is 2. The second-order valence-corrected chi connectivity index (χ2v) is 7.32. The molecule has 2 rings (SSSR count). The first-order chi connectivity index (χ1) is 13.6. The van der Waals surface area contributed by atoms with Gasteiger partial charge in [-0.1, -0.05) is 43.2 Å². The van der Waals surface area contributed by atoms with Crippen LogP contribution in [0.5, 0.6) is 0 Å². The highest BCUT2D eigenvalue weighted by molar-refractivity contribution is 6.16. The van der Waals surface area contributed by atoms with Gasteiger partial charge >= 0.3 is 7.69 Å².